The highest BCUT2D eigenvalue weighted by Crippen LogP contribution is 2.22. The van der Waals surface area contributed by atoms with Crippen molar-refractivity contribution in [2.75, 3.05) is 20.1 Å². The lowest BCUT2D eigenvalue weighted by atomic mass is 10.2. The van der Waals surface area contributed by atoms with Crippen LogP contribution >= 0.6 is 11.6 Å². The standard InChI is InChI=1S/C13H19ClN2O2S/c1-4-8-16(5-2)19(17,18)12-6-7-13(14)11(9-12)10-15-3/h4,6-7,9,15H,1,5,8,10H2,2-3H3. The molecule has 106 valence electrons. The summed E-state index contributed by atoms with van der Waals surface area (Å²) in [5.74, 6) is 0. The van der Waals surface area contributed by atoms with Crippen molar-refractivity contribution in [3.05, 3.63) is 41.4 Å². The van der Waals surface area contributed by atoms with E-state index in [1.165, 1.54) is 10.4 Å². The summed E-state index contributed by atoms with van der Waals surface area (Å²) in [4.78, 5) is 0.255. The summed E-state index contributed by atoms with van der Waals surface area (Å²) in [6.45, 7) is 6.60. The zero-order valence-electron chi connectivity index (χ0n) is 11.2. The number of likely N-dealkylation sites (N-methyl/N-ethyl adjacent to an activating group) is 1. The van der Waals surface area contributed by atoms with Crippen LogP contribution in [0.25, 0.3) is 0 Å². The Morgan fingerprint density at radius 3 is 2.68 bits per heavy atom. The zero-order chi connectivity index (χ0) is 14.5. The molecule has 6 heteroatoms. The van der Waals surface area contributed by atoms with Crippen molar-refractivity contribution in [3.63, 3.8) is 0 Å². The molecule has 0 aliphatic heterocycles. The van der Waals surface area contributed by atoms with E-state index < -0.39 is 10.0 Å². The Labute approximate surface area is 120 Å². The van der Waals surface area contributed by atoms with Crippen molar-refractivity contribution < 1.29 is 8.42 Å². The second kappa shape index (κ2) is 7.05. The molecule has 0 atom stereocenters. The van der Waals surface area contributed by atoms with Crippen LogP contribution in [0.3, 0.4) is 0 Å². The van der Waals surface area contributed by atoms with Gasteiger partial charge in [0.25, 0.3) is 0 Å². The van der Waals surface area contributed by atoms with Gasteiger partial charge in [0.2, 0.25) is 10.0 Å². The van der Waals surface area contributed by atoms with Gasteiger partial charge in [-0.1, -0.05) is 24.6 Å². The van der Waals surface area contributed by atoms with Crippen LogP contribution in [0.4, 0.5) is 0 Å². The summed E-state index contributed by atoms with van der Waals surface area (Å²) < 4.78 is 26.2. The van der Waals surface area contributed by atoms with Gasteiger partial charge in [-0.15, -0.1) is 6.58 Å². The molecule has 0 aliphatic carbocycles. The normalized spacial score (nSPS) is 11.8. The number of hydrogen-bond donors (Lipinski definition) is 1. The fourth-order valence-corrected chi connectivity index (χ4v) is 3.38. The molecule has 1 rings (SSSR count). The highest BCUT2D eigenvalue weighted by molar-refractivity contribution is 7.89. The highest BCUT2D eigenvalue weighted by Gasteiger charge is 2.22. The Morgan fingerprint density at radius 1 is 1.47 bits per heavy atom. The predicted octanol–water partition coefficient (Wildman–Crippen LogP) is 2.26. The van der Waals surface area contributed by atoms with E-state index in [9.17, 15) is 8.42 Å². The van der Waals surface area contributed by atoms with Crippen molar-refractivity contribution in [1.29, 1.82) is 0 Å². The molecular formula is C13H19ClN2O2S. The van der Waals surface area contributed by atoms with Gasteiger partial charge in [0.05, 0.1) is 4.90 Å². The molecule has 0 heterocycles. The van der Waals surface area contributed by atoms with Gasteiger partial charge in [0.1, 0.15) is 0 Å². The number of benzene rings is 1. The van der Waals surface area contributed by atoms with Crippen LogP contribution in [0, 0.1) is 0 Å². The van der Waals surface area contributed by atoms with E-state index in [2.05, 4.69) is 11.9 Å². The van der Waals surface area contributed by atoms with Crippen molar-refractivity contribution in [2.24, 2.45) is 0 Å². The summed E-state index contributed by atoms with van der Waals surface area (Å²) in [7, 11) is -1.71. The minimum absolute atomic E-state index is 0.255. The fourth-order valence-electron chi connectivity index (χ4n) is 1.73. The molecule has 0 saturated carbocycles. The molecule has 0 unspecified atom stereocenters. The van der Waals surface area contributed by atoms with E-state index in [-0.39, 0.29) is 4.90 Å². The molecule has 1 aromatic carbocycles. The first-order valence-corrected chi connectivity index (χ1v) is 7.83. The van der Waals surface area contributed by atoms with E-state index in [0.29, 0.717) is 24.7 Å². The molecule has 4 nitrogen and oxygen atoms in total. The molecule has 1 aromatic rings. The maximum atomic E-state index is 12.4. The second-order valence-electron chi connectivity index (χ2n) is 4.03. The zero-order valence-corrected chi connectivity index (χ0v) is 12.8. The molecule has 0 aromatic heterocycles. The second-order valence-corrected chi connectivity index (χ2v) is 6.37. The van der Waals surface area contributed by atoms with E-state index in [1.54, 1.807) is 32.2 Å². The average Bonchev–Trinajstić information content (AvgIpc) is 2.38. The topological polar surface area (TPSA) is 49.4 Å². The Balaban J connectivity index is 3.20. The van der Waals surface area contributed by atoms with Crippen LogP contribution in [-0.4, -0.2) is 32.9 Å². The Hall–Kier alpha value is -0.880. The van der Waals surface area contributed by atoms with Gasteiger partial charge in [-0.05, 0) is 30.8 Å². The predicted molar refractivity (Wildman–Crippen MR) is 78.8 cm³/mol. The monoisotopic (exact) mass is 302 g/mol. The Morgan fingerprint density at radius 2 is 2.16 bits per heavy atom. The number of halogens is 1. The van der Waals surface area contributed by atoms with E-state index >= 15 is 0 Å². The third kappa shape index (κ3) is 3.79. The van der Waals surface area contributed by atoms with Gasteiger partial charge >= 0.3 is 0 Å². The summed E-state index contributed by atoms with van der Waals surface area (Å²) in [5, 5.41) is 3.52. The lowest BCUT2D eigenvalue weighted by Crippen LogP contribution is -2.31. The van der Waals surface area contributed by atoms with Crippen LogP contribution in [0.5, 0.6) is 0 Å². The fraction of sp³-hybridized carbons (Fsp3) is 0.385. The highest BCUT2D eigenvalue weighted by atomic mass is 35.5. The lowest BCUT2D eigenvalue weighted by molar-refractivity contribution is 0.460. The van der Waals surface area contributed by atoms with E-state index in [1.807, 2.05) is 0 Å². The first-order valence-electron chi connectivity index (χ1n) is 6.01. The maximum Gasteiger partial charge on any atom is 0.243 e. The van der Waals surface area contributed by atoms with Crippen LogP contribution in [-0.2, 0) is 16.6 Å². The molecule has 0 radical (unpaired) electrons. The Kier molecular flexibility index (Phi) is 6.00. The average molecular weight is 303 g/mol. The van der Waals surface area contributed by atoms with E-state index in [4.69, 9.17) is 11.6 Å². The molecule has 0 bridgehead atoms. The molecule has 19 heavy (non-hydrogen) atoms. The van der Waals surface area contributed by atoms with Crippen molar-refractivity contribution >= 4 is 21.6 Å². The van der Waals surface area contributed by atoms with Crippen LogP contribution in [0.15, 0.2) is 35.7 Å². The van der Waals surface area contributed by atoms with Crippen molar-refractivity contribution in [3.8, 4) is 0 Å². The summed E-state index contributed by atoms with van der Waals surface area (Å²) in [6.07, 6.45) is 1.57. The third-order valence-corrected chi connectivity index (χ3v) is 5.01. The quantitative estimate of drug-likeness (QED) is 0.786. The Bertz CT molecular complexity index is 544. The van der Waals surface area contributed by atoms with Crippen molar-refractivity contribution in [1.82, 2.24) is 9.62 Å². The number of nitrogens with zero attached hydrogens (tertiary/aromatic N) is 1. The van der Waals surface area contributed by atoms with Crippen LogP contribution in [0.2, 0.25) is 5.02 Å². The number of rotatable bonds is 7. The first-order chi connectivity index (χ1) is 8.97. The third-order valence-electron chi connectivity index (χ3n) is 2.71. The SMILES string of the molecule is C=CCN(CC)S(=O)(=O)c1ccc(Cl)c(CNC)c1. The maximum absolute atomic E-state index is 12.4. The number of nitrogens with one attached hydrogen (secondary N) is 1. The summed E-state index contributed by atoms with van der Waals surface area (Å²) in [6, 6.07) is 4.76. The first kappa shape index (κ1) is 16.2. The summed E-state index contributed by atoms with van der Waals surface area (Å²) >= 11 is 6.04. The van der Waals surface area contributed by atoms with Crippen molar-refractivity contribution in [2.45, 2.75) is 18.4 Å². The molecule has 0 spiro atoms. The minimum atomic E-state index is -3.50. The molecule has 0 fully saturated rings. The molecule has 0 amide bonds. The lowest BCUT2D eigenvalue weighted by Gasteiger charge is -2.19. The molecule has 1 N–H and O–H groups in total. The van der Waals surface area contributed by atoms with Gasteiger partial charge in [0, 0.05) is 24.7 Å². The smallest absolute Gasteiger partial charge is 0.243 e. The number of hydrogen-bond acceptors (Lipinski definition) is 3. The largest absolute Gasteiger partial charge is 0.316 e. The van der Waals surface area contributed by atoms with Gasteiger partial charge in [0.15, 0.2) is 0 Å². The number of sulfonamides is 1. The van der Waals surface area contributed by atoms with Crippen LogP contribution in [0.1, 0.15) is 12.5 Å². The molecule has 0 aliphatic rings. The summed E-state index contributed by atoms with van der Waals surface area (Å²) in [5.41, 5.74) is 0.764. The van der Waals surface area contributed by atoms with Gasteiger partial charge in [-0.25, -0.2) is 8.42 Å². The van der Waals surface area contributed by atoms with Gasteiger partial charge in [-0.3, -0.25) is 0 Å². The molecule has 0 saturated heterocycles. The van der Waals surface area contributed by atoms with E-state index in [0.717, 1.165) is 5.56 Å². The molecular weight excluding hydrogens is 284 g/mol. The van der Waals surface area contributed by atoms with Gasteiger partial charge < -0.3 is 5.32 Å². The van der Waals surface area contributed by atoms with Gasteiger partial charge in [-0.2, -0.15) is 4.31 Å². The van der Waals surface area contributed by atoms with Crippen LogP contribution < -0.4 is 5.32 Å². The minimum Gasteiger partial charge on any atom is -0.316 e.